The molecule has 21 heavy (non-hydrogen) atoms. The van der Waals surface area contributed by atoms with E-state index in [1.54, 1.807) is 6.20 Å². The summed E-state index contributed by atoms with van der Waals surface area (Å²) in [5.74, 6) is 1.48. The van der Waals surface area contributed by atoms with Crippen LogP contribution in [0.2, 0.25) is 0 Å². The molecule has 2 bridgehead atoms. The minimum atomic E-state index is -0.191. The molecular formula is C15H21N5O. The molecule has 2 aliphatic rings. The zero-order valence-electron chi connectivity index (χ0n) is 12.8. The number of hydrogen-bond acceptors (Lipinski definition) is 4. The van der Waals surface area contributed by atoms with Gasteiger partial charge in [-0.25, -0.2) is 4.68 Å². The third kappa shape index (κ3) is 1.88. The van der Waals surface area contributed by atoms with Crippen molar-refractivity contribution in [1.29, 1.82) is 0 Å². The minimum Gasteiger partial charge on any atom is -0.339 e. The first kappa shape index (κ1) is 12.9. The number of H-pyrrole nitrogens is 1. The summed E-state index contributed by atoms with van der Waals surface area (Å²) in [6.45, 7) is 7.22. The van der Waals surface area contributed by atoms with Crippen LogP contribution in [0.15, 0.2) is 11.0 Å². The number of nitrogens with zero attached hydrogens (tertiary/aromatic N) is 4. The van der Waals surface area contributed by atoms with E-state index < -0.39 is 0 Å². The molecule has 1 saturated carbocycles. The standard InChI is InChI=1S/C15H21N5O/c1-15(2,3)20-12-11(7-16-20)13(21)18-14(17-12)19-8-9-4-5-10(19)6-9/h7,9-10H,4-6,8H2,1-3H3,(H,17,18,21). The molecule has 0 radical (unpaired) electrons. The molecule has 112 valence electrons. The number of anilines is 1. The van der Waals surface area contributed by atoms with Gasteiger partial charge in [0, 0.05) is 12.6 Å². The average molecular weight is 287 g/mol. The van der Waals surface area contributed by atoms with Crippen LogP contribution in [0.25, 0.3) is 11.0 Å². The Labute approximate surface area is 123 Å². The predicted molar refractivity (Wildman–Crippen MR) is 81.6 cm³/mol. The van der Waals surface area contributed by atoms with E-state index in [-0.39, 0.29) is 11.1 Å². The van der Waals surface area contributed by atoms with Crippen molar-refractivity contribution in [3.8, 4) is 0 Å². The maximum Gasteiger partial charge on any atom is 0.263 e. The van der Waals surface area contributed by atoms with Crippen molar-refractivity contribution in [3.05, 3.63) is 16.6 Å². The average Bonchev–Trinajstić information content (AvgIpc) is 3.11. The van der Waals surface area contributed by atoms with Gasteiger partial charge < -0.3 is 4.90 Å². The zero-order valence-corrected chi connectivity index (χ0v) is 12.8. The molecule has 0 amide bonds. The first-order valence-electron chi connectivity index (χ1n) is 7.68. The molecule has 0 aromatic carbocycles. The summed E-state index contributed by atoms with van der Waals surface area (Å²) in [6.07, 6.45) is 5.38. The first-order valence-corrected chi connectivity index (χ1v) is 7.68. The molecule has 1 N–H and O–H groups in total. The second-order valence-corrected chi connectivity index (χ2v) is 7.34. The van der Waals surface area contributed by atoms with Gasteiger partial charge in [0.2, 0.25) is 5.95 Å². The molecule has 2 atom stereocenters. The van der Waals surface area contributed by atoms with Crippen molar-refractivity contribution in [2.24, 2.45) is 5.92 Å². The molecule has 2 fully saturated rings. The van der Waals surface area contributed by atoms with Gasteiger partial charge in [0.15, 0.2) is 5.65 Å². The third-order valence-electron chi connectivity index (χ3n) is 4.74. The summed E-state index contributed by atoms with van der Waals surface area (Å²) in [6, 6.07) is 0.543. The Morgan fingerprint density at radius 3 is 2.76 bits per heavy atom. The second kappa shape index (κ2) is 4.08. The molecule has 1 saturated heterocycles. The molecule has 1 aliphatic carbocycles. The van der Waals surface area contributed by atoms with Crippen LogP contribution in [0.5, 0.6) is 0 Å². The van der Waals surface area contributed by atoms with Gasteiger partial charge in [0.05, 0.1) is 11.7 Å². The quantitative estimate of drug-likeness (QED) is 0.869. The first-order chi connectivity index (χ1) is 9.93. The maximum absolute atomic E-state index is 12.3. The van der Waals surface area contributed by atoms with Gasteiger partial charge >= 0.3 is 0 Å². The lowest BCUT2D eigenvalue weighted by Gasteiger charge is -2.27. The highest BCUT2D eigenvalue weighted by Gasteiger charge is 2.39. The summed E-state index contributed by atoms with van der Waals surface area (Å²) in [4.78, 5) is 22.3. The Hall–Kier alpha value is -1.85. The number of aromatic amines is 1. The number of rotatable bonds is 1. The lowest BCUT2D eigenvalue weighted by Crippen LogP contribution is -2.35. The van der Waals surface area contributed by atoms with E-state index in [1.165, 1.54) is 19.3 Å². The SMILES string of the molecule is CC(C)(C)n1ncc2c(=O)[nH]c(N3CC4CCC3C4)nc21. The number of aromatic nitrogens is 4. The summed E-state index contributed by atoms with van der Waals surface area (Å²) >= 11 is 0. The monoisotopic (exact) mass is 287 g/mol. The predicted octanol–water partition coefficient (Wildman–Crippen LogP) is 1.86. The fourth-order valence-corrected chi connectivity index (χ4v) is 3.72. The second-order valence-electron chi connectivity index (χ2n) is 7.34. The third-order valence-corrected chi connectivity index (χ3v) is 4.74. The molecule has 6 heteroatoms. The fraction of sp³-hybridized carbons (Fsp3) is 0.667. The topological polar surface area (TPSA) is 66.8 Å². The van der Waals surface area contributed by atoms with E-state index in [0.29, 0.717) is 23.0 Å². The zero-order chi connectivity index (χ0) is 14.8. The largest absolute Gasteiger partial charge is 0.339 e. The lowest BCUT2D eigenvalue weighted by atomic mass is 10.1. The fourth-order valence-electron chi connectivity index (χ4n) is 3.72. The summed E-state index contributed by atoms with van der Waals surface area (Å²) in [5, 5.41) is 4.93. The number of fused-ring (bicyclic) bond motifs is 3. The van der Waals surface area contributed by atoms with E-state index in [2.05, 4.69) is 35.8 Å². The van der Waals surface area contributed by atoms with Gasteiger partial charge in [-0.2, -0.15) is 10.1 Å². The van der Waals surface area contributed by atoms with Crippen molar-refractivity contribution in [2.45, 2.75) is 51.6 Å². The van der Waals surface area contributed by atoms with Gasteiger partial charge in [0.25, 0.3) is 5.56 Å². The summed E-state index contributed by atoms with van der Waals surface area (Å²) < 4.78 is 1.84. The molecule has 2 unspecified atom stereocenters. The Kier molecular flexibility index (Phi) is 2.50. The molecular weight excluding hydrogens is 266 g/mol. The van der Waals surface area contributed by atoms with E-state index in [0.717, 1.165) is 12.5 Å². The number of hydrogen-bond donors (Lipinski definition) is 1. The lowest BCUT2D eigenvalue weighted by molar-refractivity contribution is 0.366. The number of nitrogens with one attached hydrogen (secondary N) is 1. The van der Waals surface area contributed by atoms with Crippen molar-refractivity contribution >= 4 is 17.0 Å². The molecule has 3 heterocycles. The smallest absolute Gasteiger partial charge is 0.263 e. The van der Waals surface area contributed by atoms with Gasteiger partial charge in [-0.05, 0) is 46.0 Å². The van der Waals surface area contributed by atoms with Crippen molar-refractivity contribution in [3.63, 3.8) is 0 Å². The highest BCUT2D eigenvalue weighted by Crippen LogP contribution is 2.38. The Morgan fingerprint density at radius 1 is 1.33 bits per heavy atom. The van der Waals surface area contributed by atoms with Gasteiger partial charge in [-0.15, -0.1) is 0 Å². The molecule has 2 aromatic heterocycles. The van der Waals surface area contributed by atoms with Crippen LogP contribution in [0.3, 0.4) is 0 Å². The maximum atomic E-state index is 12.3. The van der Waals surface area contributed by atoms with Gasteiger partial charge in [-0.1, -0.05) is 0 Å². The molecule has 1 aliphatic heterocycles. The van der Waals surface area contributed by atoms with Crippen LogP contribution in [-0.4, -0.2) is 32.3 Å². The summed E-state index contributed by atoms with van der Waals surface area (Å²) in [5.41, 5.74) is 0.404. The van der Waals surface area contributed by atoms with Crippen molar-refractivity contribution in [2.75, 3.05) is 11.4 Å². The van der Waals surface area contributed by atoms with Crippen molar-refractivity contribution in [1.82, 2.24) is 19.7 Å². The Morgan fingerprint density at radius 2 is 2.14 bits per heavy atom. The van der Waals surface area contributed by atoms with Crippen molar-refractivity contribution < 1.29 is 0 Å². The highest BCUT2D eigenvalue weighted by molar-refractivity contribution is 5.74. The van der Waals surface area contributed by atoms with Gasteiger partial charge in [-0.3, -0.25) is 9.78 Å². The highest BCUT2D eigenvalue weighted by atomic mass is 16.1. The van der Waals surface area contributed by atoms with Crippen LogP contribution >= 0.6 is 0 Å². The Bertz CT molecular complexity index is 753. The summed E-state index contributed by atoms with van der Waals surface area (Å²) in [7, 11) is 0. The normalized spacial score (nSPS) is 25.2. The van der Waals surface area contributed by atoms with Crippen LogP contribution in [0, 0.1) is 5.92 Å². The molecule has 2 aromatic rings. The molecule has 6 nitrogen and oxygen atoms in total. The Balaban J connectivity index is 1.86. The van der Waals surface area contributed by atoms with Crippen LogP contribution in [0.1, 0.15) is 40.0 Å². The molecule has 4 rings (SSSR count). The van der Waals surface area contributed by atoms with E-state index in [9.17, 15) is 4.79 Å². The van der Waals surface area contributed by atoms with Gasteiger partial charge in [0.1, 0.15) is 5.39 Å². The van der Waals surface area contributed by atoms with Crippen LogP contribution in [-0.2, 0) is 5.54 Å². The van der Waals surface area contributed by atoms with E-state index >= 15 is 0 Å². The minimum absolute atomic E-state index is 0.0896. The number of piperidine rings is 1. The van der Waals surface area contributed by atoms with E-state index in [1.807, 2.05) is 4.68 Å². The van der Waals surface area contributed by atoms with Crippen LogP contribution in [0.4, 0.5) is 5.95 Å². The molecule has 0 spiro atoms. The van der Waals surface area contributed by atoms with Crippen LogP contribution < -0.4 is 10.5 Å². The van der Waals surface area contributed by atoms with E-state index in [4.69, 9.17) is 4.98 Å².